The van der Waals surface area contributed by atoms with E-state index in [1.807, 2.05) is 37.3 Å². The highest BCUT2D eigenvalue weighted by molar-refractivity contribution is 7.71. The Morgan fingerprint density at radius 2 is 1.92 bits per heavy atom. The van der Waals surface area contributed by atoms with Crippen molar-refractivity contribution in [1.29, 1.82) is 0 Å². The van der Waals surface area contributed by atoms with Crippen molar-refractivity contribution in [1.82, 2.24) is 14.5 Å². The lowest BCUT2D eigenvalue weighted by molar-refractivity contribution is 0.0752. The molecular formula is C19H19N3O2S. The number of benzene rings is 2. The first-order valence-electron chi connectivity index (χ1n) is 8.07. The van der Waals surface area contributed by atoms with Crippen molar-refractivity contribution in [3.63, 3.8) is 0 Å². The molecule has 0 saturated heterocycles. The number of amides is 1. The quantitative estimate of drug-likeness (QED) is 0.733. The molecule has 1 aromatic heterocycles. The average Bonchev–Trinajstić information content (AvgIpc) is 2.64. The third-order valence-corrected chi connectivity index (χ3v) is 4.61. The summed E-state index contributed by atoms with van der Waals surface area (Å²) in [7, 11) is 1.62. The van der Waals surface area contributed by atoms with Crippen molar-refractivity contribution in [3.05, 3.63) is 74.8 Å². The minimum absolute atomic E-state index is 0.0757. The monoisotopic (exact) mass is 353 g/mol. The Labute approximate surface area is 150 Å². The van der Waals surface area contributed by atoms with E-state index in [2.05, 4.69) is 4.98 Å². The SMILES string of the molecule is CCN(Cc1ccccc1)C(=O)c1ccc2c(=O)n(C)c(=S)[nH]c2c1. The highest BCUT2D eigenvalue weighted by Crippen LogP contribution is 2.14. The van der Waals surface area contributed by atoms with Crippen LogP contribution >= 0.6 is 12.2 Å². The minimum Gasteiger partial charge on any atom is -0.335 e. The summed E-state index contributed by atoms with van der Waals surface area (Å²) in [5, 5.41) is 0.513. The summed E-state index contributed by atoms with van der Waals surface area (Å²) < 4.78 is 1.71. The van der Waals surface area contributed by atoms with Gasteiger partial charge in [0, 0.05) is 25.7 Å². The van der Waals surface area contributed by atoms with Gasteiger partial charge in [0.05, 0.1) is 10.9 Å². The molecule has 0 saturated carbocycles. The van der Waals surface area contributed by atoms with Crippen LogP contribution in [-0.2, 0) is 13.6 Å². The van der Waals surface area contributed by atoms with Crippen LogP contribution in [0.15, 0.2) is 53.3 Å². The van der Waals surface area contributed by atoms with E-state index in [1.165, 1.54) is 4.57 Å². The predicted molar refractivity (Wildman–Crippen MR) is 101 cm³/mol. The van der Waals surface area contributed by atoms with Crippen molar-refractivity contribution in [2.24, 2.45) is 7.05 Å². The van der Waals surface area contributed by atoms with Crippen molar-refractivity contribution in [2.75, 3.05) is 6.54 Å². The number of hydrogen-bond donors (Lipinski definition) is 1. The summed E-state index contributed by atoms with van der Waals surface area (Å²) in [6, 6.07) is 14.9. The van der Waals surface area contributed by atoms with Crippen LogP contribution in [0.25, 0.3) is 10.9 Å². The van der Waals surface area contributed by atoms with Gasteiger partial charge in [0.1, 0.15) is 0 Å². The smallest absolute Gasteiger partial charge is 0.261 e. The molecule has 0 spiro atoms. The van der Waals surface area contributed by atoms with Gasteiger partial charge in [-0.2, -0.15) is 0 Å². The van der Waals surface area contributed by atoms with Crippen LogP contribution in [0.4, 0.5) is 0 Å². The van der Waals surface area contributed by atoms with E-state index in [9.17, 15) is 9.59 Å². The number of nitrogens with one attached hydrogen (secondary N) is 1. The van der Waals surface area contributed by atoms with Crippen molar-refractivity contribution >= 4 is 29.0 Å². The van der Waals surface area contributed by atoms with Crippen LogP contribution in [0.5, 0.6) is 0 Å². The molecule has 0 radical (unpaired) electrons. The molecular weight excluding hydrogens is 334 g/mol. The topological polar surface area (TPSA) is 58.1 Å². The van der Waals surface area contributed by atoms with Crippen LogP contribution in [-0.4, -0.2) is 26.9 Å². The van der Waals surface area contributed by atoms with Gasteiger partial charge in [-0.05, 0) is 42.9 Å². The van der Waals surface area contributed by atoms with Crippen molar-refractivity contribution < 1.29 is 4.79 Å². The number of rotatable bonds is 4. The fraction of sp³-hybridized carbons (Fsp3) is 0.211. The van der Waals surface area contributed by atoms with E-state index in [4.69, 9.17) is 12.2 Å². The van der Waals surface area contributed by atoms with E-state index >= 15 is 0 Å². The molecule has 6 heteroatoms. The molecule has 0 aliphatic heterocycles. The molecule has 1 heterocycles. The third kappa shape index (κ3) is 3.39. The fourth-order valence-electron chi connectivity index (χ4n) is 2.75. The normalized spacial score (nSPS) is 10.8. The number of hydrogen-bond acceptors (Lipinski definition) is 3. The fourth-order valence-corrected chi connectivity index (χ4v) is 2.95. The lowest BCUT2D eigenvalue weighted by Crippen LogP contribution is -2.30. The summed E-state index contributed by atoms with van der Waals surface area (Å²) in [6.45, 7) is 3.09. The summed E-state index contributed by atoms with van der Waals surface area (Å²) in [5.41, 5.74) is 2.01. The van der Waals surface area contributed by atoms with Crippen LogP contribution in [0.2, 0.25) is 0 Å². The maximum absolute atomic E-state index is 12.9. The van der Waals surface area contributed by atoms with Crippen molar-refractivity contribution in [2.45, 2.75) is 13.5 Å². The van der Waals surface area contributed by atoms with Gasteiger partial charge in [-0.1, -0.05) is 30.3 Å². The van der Waals surface area contributed by atoms with E-state index in [0.29, 0.717) is 34.3 Å². The highest BCUT2D eigenvalue weighted by Gasteiger charge is 2.16. The summed E-state index contributed by atoms with van der Waals surface area (Å²) in [6.07, 6.45) is 0. The van der Waals surface area contributed by atoms with Gasteiger partial charge >= 0.3 is 0 Å². The van der Waals surface area contributed by atoms with Crippen LogP contribution < -0.4 is 5.56 Å². The van der Waals surface area contributed by atoms with Gasteiger partial charge < -0.3 is 9.88 Å². The Morgan fingerprint density at radius 3 is 2.60 bits per heavy atom. The maximum Gasteiger partial charge on any atom is 0.261 e. The molecule has 0 bridgehead atoms. The van der Waals surface area contributed by atoms with Gasteiger partial charge in [0.25, 0.3) is 11.5 Å². The van der Waals surface area contributed by atoms with Gasteiger partial charge in [-0.15, -0.1) is 0 Å². The van der Waals surface area contributed by atoms with Crippen LogP contribution in [0.1, 0.15) is 22.8 Å². The molecule has 3 aromatic rings. The summed E-state index contributed by atoms with van der Waals surface area (Å²) in [4.78, 5) is 29.9. The Hall–Kier alpha value is -2.73. The molecule has 25 heavy (non-hydrogen) atoms. The molecule has 2 aromatic carbocycles. The zero-order valence-electron chi connectivity index (χ0n) is 14.2. The zero-order chi connectivity index (χ0) is 18.0. The average molecular weight is 353 g/mol. The number of aromatic nitrogens is 2. The molecule has 0 fully saturated rings. The van der Waals surface area contributed by atoms with Gasteiger partial charge in [-0.25, -0.2) is 0 Å². The van der Waals surface area contributed by atoms with E-state index < -0.39 is 0 Å². The molecule has 0 unspecified atom stereocenters. The maximum atomic E-state index is 12.9. The number of H-pyrrole nitrogens is 1. The Kier molecular flexibility index (Phi) is 4.81. The van der Waals surface area contributed by atoms with Gasteiger partial charge in [-0.3, -0.25) is 14.2 Å². The Morgan fingerprint density at radius 1 is 1.20 bits per heavy atom. The standard InChI is InChI=1S/C19H19N3O2S/c1-3-22(12-13-7-5-4-6-8-13)17(23)14-9-10-15-16(11-14)20-19(25)21(2)18(15)24/h4-11H,3,12H2,1-2H3,(H,20,25). The van der Waals surface area contributed by atoms with Crippen molar-refractivity contribution in [3.8, 4) is 0 Å². The number of nitrogens with zero attached hydrogens (tertiary/aromatic N) is 2. The number of aromatic amines is 1. The zero-order valence-corrected chi connectivity index (χ0v) is 15.0. The molecule has 0 atom stereocenters. The van der Waals surface area contributed by atoms with Gasteiger partial charge in [0.2, 0.25) is 0 Å². The van der Waals surface area contributed by atoms with Crippen LogP contribution in [0.3, 0.4) is 0 Å². The largest absolute Gasteiger partial charge is 0.335 e. The minimum atomic E-state index is -0.172. The lowest BCUT2D eigenvalue weighted by Gasteiger charge is -2.21. The molecule has 0 aliphatic rings. The Balaban J connectivity index is 1.97. The second-order valence-corrected chi connectivity index (χ2v) is 6.25. The van der Waals surface area contributed by atoms with Gasteiger partial charge in [0.15, 0.2) is 4.77 Å². The lowest BCUT2D eigenvalue weighted by atomic mass is 10.1. The third-order valence-electron chi connectivity index (χ3n) is 4.23. The predicted octanol–water partition coefficient (Wildman–Crippen LogP) is 3.26. The number of carbonyl (C=O) groups is 1. The number of carbonyl (C=O) groups excluding carboxylic acids is 1. The first-order chi connectivity index (χ1) is 12.0. The number of fused-ring (bicyclic) bond motifs is 1. The Bertz CT molecular complexity index is 1040. The van der Waals surface area contributed by atoms with E-state index in [-0.39, 0.29) is 11.5 Å². The molecule has 128 valence electrons. The second-order valence-electron chi connectivity index (χ2n) is 5.86. The molecule has 1 N–H and O–H groups in total. The molecule has 3 rings (SSSR count). The summed E-state index contributed by atoms with van der Waals surface area (Å²) in [5.74, 6) is -0.0757. The summed E-state index contributed by atoms with van der Waals surface area (Å²) >= 11 is 5.15. The second kappa shape index (κ2) is 7.03. The molecule has 1 amide bonds. The molecule has 5 nitrogen and oxygen atoms in total. The van der Waals surface area contributed by atoms with E-state index in [1.54, 1.807) is 30.1 Å². The first kappa shape index (κ1) is 17.1. The first-order valence-corrected chi connectivity index (χ1v) is 8.48. The molecule has 0 aliphatic carbocycles. The highest BCUT2D eigenvalue weighted by atomic mass is 32.1. The van der Waals surface area contributed by atoms with E-state index in [0.717, 1.165) is 5.56 Å². The van der Waals surface area contributed by atoms with Crippen LogP contribution in [0, 0.1) is 4.77 Å².